The van der Waals surface area contributed by atoms with Gasteiger partial charge in [-0.05, 0) is 53.9 Å². The smallest absolute Gasteiger partial charge is 0.146 e. The van der Waals surface area contributed by atoms with Gasteiger partial charge in [0.25, 0.3) is 0 Å². The predicted octanol–water partition coefficient (Wildman–Crippen LogP) is 10.3. The van der Waals surface area contributed by atoms with Gasteiger partial charge in [-0.15, -0.1) is 11.3 Å². The molecule has 0 amide bonds. The molecule has 4 aromatic heterocycles. The van der Waals surface area contributed by atoms with Crippen LogP contribution in [0.1, 0.15) is 0 Å². The topological polar surface area (TPSA) is 22.2 Å². The summed E-state index contributed by atoms with van der Waals surface area (Å²) in [5.41, 5.74) is 7.91. The summed E-state index contributed by atoms with van der Waals surface area (Å²) in [4.78, 5) is 5.28. The van der Waals surface area contributed by atoms with E-state index in [1.165, 1.54) is 63.7 Å². The number of fused-ring (bicyclic) bond motifs is 15. The molecule has 0 saturated heterocycles. The molecule has 0 bridgehead atoms. The van der Waals surface area contributed by atoms with Crippen LogP contribution in [0.2, 0.25) is 0 Å². The fourth-order valence-electron chi connectivity index (χ4n) is 6.94. The number of aromatic nitrogens is 3. The van der Waals surface area contributed by atoms with E-state index >= 15 is 0 Å². The molecule has 0 spiro atoms. The maximum absolute atomic E-state index is 5.28. The molecule has 0 atom stereocenters. The van der Waals surface area contributed by atoms with Crippen molar-refractivity contribution in [2.24, 2.45) is 0 Å². The van der Waals surface area contributed by atoms with Gasteiger partial charge in [-0.1, -0.05) is 78.9 Å². The highest BCUT2D eigenvalue weighted by Crippen LogP contribution is 2.43. The van der Waals surface area contributed by atoms with Crippen LogP contribution in [0.25, 0.3) is 86.0 Å². The minimum atomic E-state index is 1.00. The van der Waals surface area contributed by atoms with Crippen LogP contribution in [0.3, 0.4) is 0 Å². The van der Waals surface area contributed by atoms with Crippen LogP contribution in [0.4, 0.5) is 0 Å². The maximum Gasteiger partial charge on any atom is 0.146 e. The van der Waals surface area contributed by atoms with Gasteiger partial charge >= 0.3 is 0 Å². The number of nitrogens with zero attached hydrogens (tertiary/aromatic N) is 3. The predicted molar refractivity (Wildman–Crippen MR) is 175 cm³/mol. The molecule has 0 radical (unpaired) electrons. The van der Waals surface area contributed by atoms with Crippen LogP contribution in [0.5, 0.6) is 0 Å². The zero-order valence-electron chi connectivity index (χ0n) is 21.9. The van der Waals surface area contributed by atoms with E-state index in [9.17, 15) is 0 Å². The Labute approximate surface area is 238 Å². The average molecular weight is 540 g/mol. The highest BCUT2D eigenvalue weighted by molar-refractivity contribution is 7.25. The minimum Gasteiger partial charge on any atom is -0.307 e. The third-order valence-electron chi connectivity index (χ3n) is 8.66. The van der Waals surface area contributed by atoms with Crippen LogP contribution in [-0.2, 0) is 0 Å². The normalized spacial score (nSPS) is 12.4. The molecule has 6 aromatic carbocycles. The van der Waals surface area contributed by atoms with Crippen LogP contribution >= 0.6 is 11.3 Å². The van der Waals surface area contributed by atoms with E-state index in [0.717, 1.165) is 22.4 Å². The molecule has 10 rings (SSSR count). The van der Waals surface area contributed by atoms with Crippen molar-refractivity contribution in [2.45, 2.75) is 0 Å². The van der Waals surface area contributed by atoms with Gasteiger partial charge in [0.15, 0.2) is 0 Å². The van der Waals surface area contributed by atoms with Gasteiger partial charge in [-0.25, -0.2) is 4.98 Å². The molecular weight excluding hydrogens is 518 g/mol. The largest absolute Gasteiger partial charge is 0.307 e. The first-order chi connectivity index (χ1) is 20.3. The third kappa shape index (κ3) is 2.75. The quantitative estimate of drug-likeness (QED) is 0.190. The summed E-state index contributed by atoms with van der Waals surface area (Å²) in [6.07, 6.45) is 0. The van der Waals surface area contributed by atoms with E-state index in [-0.39, 0.29) is 0 Å². The first-order valence-electron chi connectivity index (χ1n) is 13.9. The van der Waals surface area contributed by atoms with E-state index in [4.69, 9.17) is 4.98 Å². The molecule has 190 valence electrons. The Morgan fingerprint density at radius 3 is 2.05 bits per heavy atom. The fraction of sp³-hybridized carbons (Fsp3) is 0. The van der Waals surface area contributed by atoms with E-state index in [0.29, 0.717) is 0 Å². The van der Waals surface area contributed by atoms with Crippen molar-refractivity contribution < 1.29 is 0 Å². The Hall–Kier alpha value is -5.19. The van der Waals surface area contributed by atoms with E-state index < -0.39 is 0 Å². The van der Waals surface area contributed by atoms with Crippen molar-refractivity contribution in [3.63, 3.8) is 0 Å². The molecule has 3 nitrogen and oxygen atoms in total. The summed E-state index contributed by atoms with van der Waals surface area (Å²) in [5.74, 6) is 0. The Kier molecular flexibility index (Phi) is 4.07. The number of hydrogen-bond donors (Lipinski definition) is 0. The van der Waals surface area contributed by atoms with Crippen molar-refractivity contribution in [3.05, 3.63) is 127 Å². The summed E-state index contributed by atoms with van der Waals surface area (Å²) in [7, 11) is 0. The van der Waals surface area contributed by atoms with Crippen molar-refractivity contribution in [3.8, 4) is 5.69 Å². The van der Waals surface area contributed by atoms with Gasteiger partial charge in [0.05, 0.1) is 27.6 Å². The lowest BCUT2D eigenvalue weighted by Crippen LogP contribution is -1.98. The molecule has 10 aromatic rings. The highest BCUT2D eigenvalue weighted by Gasteiger charge is 2.21. The summed E-state index contributed by atoms with van der Waals surface area (Å²) in [6.45, 7) is 0. The number of pyridine rings is 1. The Morgan fingerprint density at radius 2 is 1.17 bits per heavy atom. The zero-order valence-corrected chi connectivity index (χ0v) is 22.7. The lowest BCUT2D eigenvalue weighted by atomic mass is 10.0. The van der Waals surface area contributed by atoms with Gasteiger partial charge < -0.3 is 4.57 Å². The molecule has 0 saturated carbocycles. The highest BCUT2D eigenvalue weighted by atomic mass is 32.1. The Balaban J connectivity index is 1.54. The standard InChI is InChI=1S/C37H21N3S/c1-2-10-22(11-3-1)39-31-15-7-4-12-23(31)25-18-19-26-27-21-34-28(24-13-5-9-17-33(24)41-34)20-29(27)37-38-30-14-6-8-16-32(30)40(37)36(26)35(25)39/h1-21H. The maximum atomic E-state index is 5.28. The molecule has 0 aliphatic rings. The van der Waals surface area contributed by atoms with Crippen LogP contribution < -0.4 is 0 Å². The van der Waals surface area contributed by atoms with Crippen molar-refractivity contribution >= 4 is 91.7 Å². The number of benzene rings is 6. The first kappa shape index (κ1) is 21.6. The molecule has 0 aliphatic carbocycles. The number of imidazole rings is 1. The second kappa shape index (κ2) is 7.72. The molecule has 0 fully saturated rings. The average Bonchev–Trinajstić information content (AvgIpc) is 3.70. The lowest BCUT2D eigenvalue weighted by molar-refractivity contribution is 1.18. The zero-order chi connectivity index (χ0) is 26.7. The van der Waals surface area contributed by atoms with Crippen LogP contribution in [0, 0.1) is 0 Å². The Morgan fingerprint density at radius 1 is 0.463 bits per heavy atom. The van der Waals surface area contributed by atoms with Crippen LogP contribution in [-0.4, -0.2) is 14.0 Å². The molecule has 41 heavy (non-hydrogen) atoms. The third-order valence-corrected chi connectivity index (χ3v) is 9.79. The summed E-state index contributed by atoms with van der Waals surface area (Å²) < 4.78 is 7.47. The monoisotopic (exact) mass is 539 g/mol. The fourth-order valence-corrected chi connectivity index (χ4v) is 8.07. The van der Waals surface area contributed by atoms with Crippen molar-refractivity contribution in [2.75, 3.05) is 0 Å². The second-order valence-electron chi connectivity index (χ2n) is 10.8. The van der Waals surface area contributed by atoms with E-state index in [2.05, 4.69) is 136 Å². The van der Waals surface area contributed by atoms with Gasteiger partial charge in [0.2, 0.25) is 0 Å². The molecule has 0 unspecified atom stereocenters. The van der Waals surface area contributed by atoms with Gasteiger partial charge in [0, 0.05) is 47.4 Å². The SMILES string of the molecule is c1ccc(-n2c3ccccc3c3ccc4c5cc6sc7ccccc7c6cc5c5nc6ccccc6n5c4c32)cc1. The first-order valence-corrected chi connectivity index (χ1v) is 14.7. The van der Waals surface area contributed by atoms with Crippen LogP contribution in [0.15, 0.2) is 127 Å². The second-order valence-corrected chi connectivity index (χ2v) is 11.9. The molecule has 0 N–H and O–H groups in total. The minimum absolute atomic E-state index is 1.00. The van der Waals surface area contributed by atoms with Gasteiger partial charge in [-0.2, -0.15) is 0 Å². The number of thiophene rings is 1. The summed E-state index contributed by atoms with van der Waals surface area (Å²) in [5, 5.41) is 8.78. The Bertz CT molecular complexity index is 2690. The molecular formula is C37H21N3S. The molecule has 4 heteroatoms. The van der Waals surface area contributed by atoms with Crippen molar-refractivity contribution in [1.29, 1.82) is 0 Å². The molecule has 4 heterocycles. The lowest BCUT2D eigenvalue weighted by Gasteiger charge is -2.14. The molecule has 0 aliphatic heterocycles. The number of rotatable bonds is 1. The van der Waals surface area contributed by atoms with E-state index in [1.54, 1.807) is 0 Å². The van der Waals surface area contributed by atoms with Crippen molar-refractivity contribution in [1.82, 2.24) is 14.0 Å². The summed E-state index contributed by atoms with van der Waals surface area (Å²) >= 11 is 1.87. The van der Waals surface area contributed by atoms with Gasteiger partial charge in [-0.3, -0.25) is 4.40 Å². The number of para-hydroxylation sites is 4. The van der Waals surface area contributed by atoms with Gasteiger partial charge in [0.1, 0.15) is 5.65 Å². The summed E-state index contributed by atoms with van der Waals surface area (Å²) in [6, 6.07) is 46.2. The van der Waals surface area contributed by atoms with E-state index in [1.807, 2.05) is 11.3 Å². The number of hydrogen-bond acceptors (Lipinski definition) is 2.